The van der Waals surface area contributed by atoms with Crippen LogP contribution in [0.5, 0.6) is 0 Å². The van der Waals surface area contributed by atoms with Crippen LogP contribution in [0, 0.1) is 0 Å². The number of nitrogens with one attached hydrogen (secondary N) is 1. The summed E-state index contributed by atoms with van der Waals surface area (Å²) in [4.78, 5) is 4.15. The summed E-state index contributed by atoms with van der Waals surface area (Å²) in [5.41, 5.74) is 1.73. The summed E-state index contributed by atoms with van der Waals surface area (Å²) in [6.07, 6.45) is -0.119. The van der Waals surface area contributed by atoms with Gasteiger partial charge in [-0.1, -0.05) is 30.4 Å². The average Bonchev–Trinajstić information content (AvgIpc) is 2.37. The maximum Gasteiger partial charge on any atom is 0.412 e. The van der Waals surface area contributed by atoms with Gasteiger partial charge in [0, 0.05) is 11.6 Å². The third kappa shape index (κ3) is 1.72. The van der Waals surface area contributed by atoms with Crippen molar-refractivity contribution in [3.05, 3.63) is 42.1 Å². The first-order valence-corrected chi connectivity index (χ1v) is 5.45. The number of benzene rings is 1. The van der Waals surface area contributed by atoms with Gasteiger partial charge in [-0.25, -0.2) is 0 Å². The second kappa shape index (κ2) is 3.73. The zero-order chi connectivity index (χ0) is 12.8. The molecule has 92 valence electrons. The largest absolute Gasteiger partial charge is 0.412 e. The van der Waals surface area contributed by atoms with Crippen molar-refractivity contribution in [2.45, 2.75) is 12.2 Å². The normalized spacial score (nSPS) is 18.5. The smallest absolute Gasteiger partial charge is 0.369 e. The molecule has 1 aliphatic heterocycles. The van der Waals surface area contributed by atoms with Crippen LogP contribution < -0.4 is 5.32 Å². The first-order valence-electron chi connectivity index (χ1n) is 5.45. The molecule has 0 saturated heterocycles. The van der Waals surface area contributed by atoms with E-state index in [0.29, 0.717) is 11.2 Å². The van der Waals surface area contributed by atoms with Crippen molar-refractivity contribution in [1.29, 1.82) is 0 Å². The monoisotopic (exact) mass is 250 g/mol. The molecule has 18 heavy (non-hydrogen) atoms. The van der Waals surface area contributed by atoms with Crippen LogP contribution in [0.15, 0.2) is 36.5 Å². The number of fused-ring (bicyclic) bond motifs is 3. The van der Waals surface area contributed by atoms with Crippen molar-refractivity contribution in [2.24, 2.45) is 0 Å². The van der Waals surface area contributed by atoms with Crippen molar-refractivity contribution in [3.8, 4) is 0 Å². The quantitative estimate of drug-likeness (QED) is 0.772. The fourth-order valence-corrected chi connectivity index (χ4v) is 2.05. The van der Waals surface area contributed by atoms with Gasteiger partial charge in [0.1, 0.15) is 6.04 Å². The minimum Gasteiger partial charge on any atom is -0.369 e. The van der Waals surface area contributed by atoms with Crippen LogP contribution in [0.2, 0.25) is 0 Å². The lowest BCUT2D eigenvalue weighted by Gasteiger charge is -2.25. The van der Waals surface area contributed by atoms with Crippen molar-refractivity contribution in [3.63, 3.8) is 0 Å². The molecule has 0 fully saturated rings. The lowest BCUT2D eigenvalue weighted by Crippen LogP contribution is -2.35. The Hall–Kier alpha value is -2.04. The third-order valence-corrected chi connectivity index (χ3v) is 2.93. The van der Waals surface area contributed by atoms with E-state index >= 15 is 0 Å². The molecule has 0 spiro atoms. The maximum atomic E-state index is 12.7. The second-order valence-electron chi connectivity index (χ2n) is 4.13. The highest BCUT2D eigenvalue weighted by Gasteiger charge is 2.39. The molecule has 0 amide bonds. The molecule has 1 atom stereocenters. The van der Waals surface area contributed by atoms with Crippen LogP contribution in [-0.2, 0) is 0 Å². The predicted octanol–water partition coefficient (Wildman–Crippen LogP) is 3.60. The van der Waals surface area contributed by atoms with Gasteiger partial charge in [-0.15, -0.1) is 0 Å². The average molecular weight is 250 g/mol. The molecule has 2 nitrogen and oxygen atoms in total. The zero-order valence-electron chi connectivity index (χ0n) is 9.20. The molecule has 0 aliphatic carbocycles. The fourth-order valence-electron chi connectivity index (χ4n) is 2.05. The molecular weight excluding hydrogens is 241 g/mol. The Labute approximate surface area is 101 Å². The maximum absolute atomic E-state index is 12.7. The third-order valence-electron chi connectivity index (χ3n) is 2.93. The molecule has 1 aliphatic rings. The van der Waals surface area contributed by atoms with E-state index in [-0.39, 0.29) is 0 Å². The Kier molecular flexibility index (Phi) is 2.29. The van der Waals surface area contributed by atoms with Crippen molar-refractivity contribution >= 4 is 22.7 Å². The Morgan fingerprint density at radius 1 is 1.17 bits per heavy atom. The number of nitrogens with zero attached hydrogens (tertiary/aromatic N) is 1. The number of halogens is 3. The molecule has 0 bridgehead atoms. The molecule has 1 N–H and O–H groups in total. The number of aromatic nitrogens is 1. The molecule has 1 aromatic carbocycles. The van der Waals surface area contributed by atoms with E-state index in [4.69, 9.17) is 0 Å². The van der Waals surface area contributed by atoms with Gasteiger partial charge in [-0.2, -0.15) is 13.2 Å². The van der Waals surface area contributed by atoms with Crippen molar-refractivity contribution in [2.75, 3.05) is 5.32 Å². The Morgan fingerprint density at radius 3 is 2.78 bits per heavy atom. The fraction of sp³-hybridized carbons (Fsp3) is 0.154. The Bertz CT molecular complexity index is 632. The molecule has 3 rings (SSSR count). The van der Waals surface area contributed by atoms with E-state index < -0.39 is 12.2 Å². The molecule has 0 saturated carbocycles. The minimum absolute atomic E-state index is 0.443. The van der Waals surface area contributed by atoms with Crippen LogP contribution >= 0.6 is 0 Å². The molecular formula is C13H9F3N2. The van der Waals surface area contributed by atoms with Gasteiger partial charge in [-0.3, -0.25) is 4.98 Å². The van der Waals surface area contributed by atoms with Crippen LogP contribution in [0.25, 0.3) is 17.0 Å². The molecule has 1 aromatic heterocycles. The van der Waals surface area contributed by atoms with Gasteiger partial charge >= 0.3 is 6.18 Å². The van der Waals surface area contributed by atoms with Crippen LogP contribution in [0.1, 0.15) is 5.56 Å². The van der Waals surface area contributed by atoms with Crippen LogP contribution in [-0.4, -0.2) is 17.2 Å². The van der Waals surface area contributed by atoms with E-state index in [1.807, 2.05) is 12.1 Å². The van der Waals surface area contributed by atoms with E-state index in [1.54, 1.807) is 18.3 Å². The number of hydrogen-bond donors (Lipinski definition) is 1. The van der Waals surface area contributed by atoms with E-state index in [9.17, 15) is 13.2 Å². The minimum atomic E-state index is -4.30. The Balaban J connectivity index is 2.16. The molecule has 5 heteroatoms. The summed E-state index contributed by atoms with van der Waals surface area (Å²) in [5.74, 6) is 0. The highest BCUT2D eigenvalue weighted by molar-refractivity contribution is 5.96. The first kappa shape index (κ1) is 11.1. The van der Waals surface area contributed by atoms with Crippen LogP contribution in [0.3, 0.4) is 0 Å². The number of rotatable bonds is 0. The second-order valence-corrected chi connectivity index (χ2v) is 4.13. The standard InChI is InChI=1S/C13H9F3N2/c14-13(15,16)10-6-5-9-4-3-8-2-1-7-17-11(8)12(9)18-10/h1-7,10,18H/t10-/m0/s1. The Morgan fingerprint density at radius 2 is 2.00 bits per heavy atom. The summed E-state index contributed by atoms with van der Waals surface area (Å²) in [6.45, 7) is 0. The summed E-state index contributed by atoms with van der Waals surface area (Å²) in [5, 5.41) is 3.33. The van der Waals surface area contributed by atoms with Gasteiger partial charge in [0.15, 0.2) is 0 Å². The molecule has 0 unspecified atom stereocenters. The van der Waals surface area contributed by atoms with E-state index in [2.05, 4.69) is 10.3 Å². The molecule has 2 aromatic rings. The van der Waals surface area contributed by atoms with Crippen molar-refractivity contribution in [1.82, 2.24) is 4.98 Å². The number of hydrogen-bond acceptors (Lipinski definition) is 2. The molecule has 0 radical (unpaired) electrons. The van der Waals surface area contributed by atoms with Gasteiger partial charge < -0.3 is 5.32 Å². The summed E-state index contributed by atoms with van der Waals surface area (Å²) < 4.78 is 38.1. The van der Waals surface area contributed by atoms with Crippen molar-refractivity contribution < 1.29 is 13.2 Å². The van der Waals surface area contributed by atoms with Gasteiger partial charge in [0.05, 0.1) is 11.2 Å². The molecule has 2 heterocycles. The lowest BCUT2D eigenvalue weighted by molar-refractivity contribution is -0.132. The van der Waals surface area contributed by atoms with E-state index in [0.717, 1.165) is 17.0 Å². The topological polar surface area (TPSA) is 24.9 Å². The number of pyridine rings is 1. The predicted molar refractivity (Wildman–Crippen MR) is 64.2 cm³/mol. The highest BCUT2D eigenvalue weighted by Crippen LogP contribution is 2.34. The van der Waals surface area contributed by atoms with Gasteiger partial charge in [0.2, 0.25) is 0 Å². The summed E-state index contributed by atoms with van der Waals surface area (Å²) in [7, 11) is 0. The van der Waals surface area contributed by atoms with Gasteiger partial charge in [0.25, 0.3) is 0 Å². The summed E-state index contributed by atoms with van der Waals surface area (Å²) >= 11 is 0. The first-order chi connectivity index (χ1) is 8.55. The van der Waals surface area contributed by atoms with Crippen LogP contribution in [0.4, 0.5) is 18.9 Å². The number of anilines is 1. The van der Waals surface area contributed by atoms with E-state index in [1.165, 1.54) is 6.08 Å². The van der Waals surface area contributed by atoms with Gasteiger partial charge in [-0.05, 0) is 11.6 Å². The summed E-state index contributed by atoms with van der Waals surface area (Å²) in [6, 6.07) is 5.56. The highest BCUT2D eigenvalue weighted by atomic mass is 19.4. The number of alkyl halides is 3. The zero-order valence-corrected chi connectivity index (χ0v) is 9.20. The lowest BCUT2D eigenvalue weighted by atomic mass is 10.0. The SMILES string of the molecule is FC(F)(F)[C@@H]1C=Cc2ccc3cccnc3c2N1.